The van der Waals surface area contributed by atoms with Crippen molar-refractivity contribution in [2.24, 2.45) is 0 Å². The molecule has 5 heteroatoms. The van der Waals surface area contributed by atoms with Crippen LogP contribution in [0.3, 0.4) is 0 Å². The van der Waals surface area contributed by atoms with Gasteiger partial charge in [0.15, 0.2) is 0 Å². The van der Waals surface area contributed by atoms with Gasteiger partial charge in [-0.1, -0.05) is 6.08 Å². The van der Waals surface area contributed by atoms with Crippen molar-refractivity contribution in [1.29, 1.82) is 0 Å². The Morgan fingerprint density at radius 3 is 2.94 bits per heavy atom. The second-order valence-electron chi connectivity index (χ2n) is 3.81. The molecule has 0 aliphatic carbocycles. The number of anilines is 1. The number of non-ortho nitro benzene ring substituents is 1. The lowest BCUT2D eigenvalue weighted by Crippen LogP contribution is -2.01. The summed E-state index contributed by atoms with van der Waals surface area (Å²) in [5.74, 6) is 0. The molecular formula is C13H13N3O2. The summed E-state index contributed by atoms with van der Waals surface area (Å²) in [6.45, 7) is 4.39. The molecule has 1 aromatic heterocycles. The molecule has 2 aromatic rings. The number of benzene rings is 1. The van der Waals surface area contributed by atoms with E-state index < -0.39 is 0 Å². The molecule has 92 valence electrons. The van der Waals surface area contributed by atoms with Crippen LogP contribution in [0.5, 0.6) is 0 Å². The summed E-state index contributed by atoms with van der Waals surface area (Å²) in [6.07, 6.45) is 5.85. The van der Waals surface area contributed by atoms with E-state index in [0.29, 0.717) is 5.39 Å². The zero-order chi connectivity index (χ0) is 13.0. The van der Waals surface area contributed by atoms with Gasteiger partial charge in [-0.15, -0.1) is 6.58 Å². The number of nitrogens with one attached hydrogen (secondary N) is 1. The first-order valence-electron chi connectivity index (χ1n) is 5.60. The molecule has 0 fully saturated rings. The van der Waals surface area contributed by atoms with Crippen molar-refractivity contribution in [1.82, 2.24) is 4.98 Å². The fraction of sp³-hybridized carbons (Fsp3) is 0.154. The smallest absolute Gasteiger partial charge is 0.277 e. The van der Waals surface area contributed by atoms with Crippen molar-refractivity contribution < 1.29 is 4.92 Å². The number of pyridine rings is 1. The first-order chi connectivity index (χ1) is 8.74. The summed E-state index contributed by atoms with van der Waals surface area (Å²) in [7, 11) is 0. The zero-order valence-electron chi connectivity index (χ0n) is 9.80. The van der Waals surface area contributed by atoms with Gasteiger partial charge in [-0.3, -0.25) is 15.1 Å². The molecule has 0 spiro atoms. The van der Waals surface area contributed by atoms with Crippen LogP contribution in [-0.2, 0) is 0 Å². The van der Waals surface area contributed by atoms with E-state index in [4.69, 9.17) is 0 Å². The van der Waals surface area contributed by atoms with Crippen molar-refractivity contribution in [2.45, 2.75) is 6.42 Å². The van der Waals surface area contributed by atoms with E-state index >= 15 is 0 Å². The van der Waals surface area contributed by atoms with Crippen molar-refractivity contribution in [2.75, 3.05) is 11.9 Å². The minimum atomic E-state index is -0.379. The third-order valence-corrected chi connectivity index (χ3v) is 2.66. The molecule has 0 saturated carbocycles. The number of hydrogen-bond acceptors (Lipinski definition) is 4. The topological polar surface area (TPSA) is 68.1 Å². The van der Waals surface area contributed by atoms with Crippen LogP contribution in [0.15, 0.2) is 43.2 Å². The fourth-order valence-corrected chi connectivity index (χ4v) is 1.80. The van der Waals surface area contributed by atoms with Crippen LogP contribution < -0.4 is 5.32 Å². The van der Waals surface area contributed by atoms with Gasteiger partial charge >= 0.3 is 0 Å². The van der Waals surface area contributed by atoms with E-state index in [2.05, 4.69) is 16.9 Å². The number of nitrogens with zero attached hydrogens (tertiary/aromatic N) is 2. The Morgan fingerprint density at radius 1 is 1.39 bits per heavy atom. The molecular weight excluding hydrogens is 230 g/mol. The lowest BCUT2D eigenvalue weighted by molar-refractivity contribution is -0.383. The Morgan fingerprint density at radius 2 is 2.22 bits per heavy atom. The fourth-order valence-electron chi connectivity index (χ4n) is 1.80. The summed E-state index contributed by atoms with van der Waals surface area (Å²) in [5.41, 5.74) is 0.951. The molecule has 1 N–H and O–H groups in total. The van der Waals surface area contributed by atoms with Crippen molar-refractivity contribution in [3.8, 4) is 0 Å². The maximum Gasteiger partial charge on any atom is 0.277 e. The normalized spacial score (nSPS) is 10.2. The number of nitro benzene ring substituents is 1. The number of nitro groups is 1. The van der Waals surface area contributed by atoms with Gasteiger partial charge in [0.25, 0.3) is 5.69 Å². The minimum Gasteiger partial charge on any atom is -0.384 e. The van der Waals surface area contributed by atoms with E-state index in [0.717, 1.165) is 24.0 Å². The standard InChI is InChI=1S/C13H13N3O2/c1-2-3-7-15-12-4-5-13(16(17)18)10-6-8-14-9-11(10)12/h2,4-6,8-9,15H,1,3,7H2. The van der Waals surface area contributed by atoms with E-state index in [1.165, 1.54) is 6.07 Å². The monoisotopic (exact) mass is 243 g/mol. The third kappa shape index (κ3) is 2.29. The van der Waals surface area contributed by atoms with Gasteiger partial charge < -0.3 is 5.32 Å². The van der Waals surface area contributed by atoms with Crippen LogP contribution in [-0.4, -0.2) is 16.5 Å². The largest absolute Gasteiger partial charge is 0.384 e. The lowest BCUT2D eigenvalue weighted by Gasteiger charge is -2.08. The SMILES string of the molecule is C=CCCNc1ccc([N+](=O)[O-])c2ccncc12. The molecule has 0 aliphatic rings. The highest BCUT2D eigenvalue weighted by Crippen LogP contribution is 2.30. The van der Waals surface area contributed by atoms with Crippen LogP contribution in [0.1, 0.15) is 6.42 Å². The predicted octanol–water partition coefficient (Wildman–Crippen LogP) is 3.13. The zero-order valence-corrected chi connectivity index (χ0v) is 9.80. The van der Waals surface area contributed by atoms with Crippen LogP contribution in [0.4, 0.5) is 11.4 Å². The Balaban J connectivity index is 2.47. The number of fused-ring (bicyclic) bond motifs is 1. The van der Waals surface area contributed by atoms with Crippen LogP contribution in [0, 0.1) is 10.1 Å². The molecule has 1 heterocycles. The highest BCUT2D eigenvalue weighted by molar-refractivity contribution is 5.99. The van der Waals surface area contributed by atoms with E-state index in [1.807, 2.05) is 6.08 Å². The van der Waals surface area contributed by atoms with Gasteiger partial charge in [0, 0.05) is 36.1 Å². The molecule has 0 aliphatic heterocycles. The highest BCUT2D eigenvalue weighted by atomic mass is 16.6. The first-order valence-corrected chi connectivity index (χ1v) is 5.60. The summed E-state index contributed by atoms with van der Waals surface area (Å²) in [6, 6.07) is 4.88. The molecule has 0 unspecified atom stereocenters. The summed E-state index contributed by atoms with van der Waals surface area (Å²) in [4.78, 5) is 14.6. The van der Waals surface area contributed by atoms with E-state index in [9.17, 15) is 10.1 Å². The Bertz CT molecular complexity index is 596. The Kier molecular flexibility index (Phi) is 3.52. The van der Waals surface area contributed by atoms with Crippen molar-refractivity contribution >= 4 is 22.1 Å². The number of hydrogen-bond donors (Lipinski definition) is 1. The van der Waals surface area contributed by atoms with E-state index in [1.54, 1.807) is 24.5 Å². The second-order valence-corrected chi connectivity index (χ2v) is 3.81. The average Bonchev–Trinajstić information content (AvgIpc) is 2.38. The second kappa shape index (κ2) is 5.27. The van der Waals surface area contributed by atoms with Gasteiger partial charge in [-0.25, -0.2) is 0 Å². The van der Waals surface area contributed by atoms with Crippen molar-refractivity contribution in [3.63, 3.8) is 0 Å². The highest BCUT2D eigenvalue weighted by Gasteiger charge is 2.13. The summed E-state index contributed by atoms with van der Waals surface area (Å²) >= 11 is 0. The van der Waals surface area contributed by atoms with Gasteiger partial charge in [0.1, 0.15) is 0 Å². The maximum atomic E-state index is 10.9. The van der Waals surface area contributed by atoms with Crippen molar-refractivity contribution in [3.05, 3.63) is 53.4 Å². The molecule has 0 saturated heterocycles. The average molecular weight is 243 g/mol. The quantitative estimate of drug-likeness (QED) is 0.379. The molecule has 0 amide bonds. The van der Waals surface area contributed by atoms with Gasteiger partial charge in [0.05, 0.1) is 10.3 Å². The van der Waals surface area contributed by atoms with Crippen LogP contribution in [0.2, 0.25) is 0 Å². The molecule has 1 aromatic carbocycles. The van der Waals surface area contributed by atoms with Crippen LogP contribution >= 0.6 is 0 Å². The van der Waals surface area contributed by atoms with Crippen LogP contribution in [0.25, 0.3) is 10.8 Å². The number of aromatic nitrogens is 1. The van der Waals surface area contributed by atoms with Gasteiger partial charge in [-0.2, -0.15) is 0 Å². The van der Waals surface area contributed by atoms with Gasteiger partial charge in [0.2, 0.25) is 0 Å². The molecule has 0 bridgehead atoms. The Hall–Kier alpha value is -2.43. The molecule has 18 heavy (non-hydrogen) atoms. The van der Waals surface area contributed by atoms with E-state index in [-0.39, 0.29) is 10.6 Å². The first kappa shape index (κ1) is 12.0. The summed E-state index contributed by atoms with van der Waals surface area (Å²) < 4.78 is 0. The molecule has 0 atom stereocenters. The van der Waals surface area contributed by atoms with Gasteiger partial charge in [-0.05, 0) is 18.6 Å². The Labute approximate surface area is 104 Å². The summed E-state index contributed by atoms with van der Waals surface area (Å²) in [5, 5.41) is 15.5. The maximum absolute atomic E-state index is 10.9. The minimum absolute atomic E-state index is 0.0988. The lowest BCUT2D eigenvalue weighted by atomic mass is 10.1. The molecule has 0 radical (unpaired) electrons. The third-order valence-electron chi connectivity index (χ3n) is 2.66. The molecule has 2 rings (SSSR count). The predicted molar refractivity (Wildman–Crippen MR) is 71.7 cm³/mol. The molecule has 5 nitrogen and oxygen atoms in total. The number of rotatable bonds is 5.